The summed E-state index contributed by atoms with van der Waals surface area (Å²) in [4.78, 5) is 11.6. The van der Waals surface area contributed by atoms with Crippen LogP contribution in [0.5, 0.6) is 0 Å². The first-order valence-corrected chi connectivity index (χ1v) is 5.64. The molecule has 2 N–H and O–H groups in total. The molecule has 0 aromatic heterocycles. The lowest BCUT2D eigenvalue weighted by Crippen LogP contribution is -2.18. The summed E-state index contributed by atoms with van der Waals surface area (Å²) in [6.45, 7) is 2.45. The monoisotopic (exact) mass is 237 g/mol. The number of methoxy groups -OCH3 is 1. The summed E-state index contributed by atoms with van der Waals surface area (Å²) in [6, 6.07) is 7.25. The number of carbonyl (C=O) groups is 1. The van der Waals surface area contributed by atoms with E-state index < -0.39 is 0 Å². The van der Waals surface area contributed by atoms with E-state index in [-0.39, 0.29) is 18.5 Å². The van der Waals surface area contributed by atoms with E-state index in [0.29, 0.717) is 18.7 Å². The number of hydrogen-bond donors (Lipinski definition) is 1. The van der Waals surface area contributed by atoms with Gasteiger partial charge in [0, 0.05) is 25.8 Å². The van der Waals surface area contributed by atoms with Gasteiger partial charge in [-0.05, 0) is 24.6 Å². The highest BCUT2D eigenvalue weighted by atomic mass is 16.5. The summed E-state index contributed by atoms with van der Waals surface area (Å²) in [5.74, 6) is -0.237. The third-order valence-corrected chi connectivity index (χ3v) is 2.36. The van der Waals surface area contributed by atoms with E-state index in [9.17, 15) is 4.79 Å². The highest BCUT2D eigenvalue weighted by molar-refractivity contribution is 5.73. The van der Waals surface area contributed by atoms with Gasteiger partial charge in [-0.1, -0.05) is 12.1 Å². The van der Waals surface area contributed by atoms with Gasteiger partial charge in [0.25, 0.3) is 0 Å². The fraction of sp³-hybridized carbons (Fsp3) is 0.462. The molecule has 0 amide bonds. The fourth-order valence-corrected chi connectivity index (χ4v) is 1.48. The van der Waals surface area contributed by atoms with Gasteiger partial charge < -0.3 is 15.2 Å². The zero-order valence-electron chi connectivity index (χ0n) is 10.3. The van der Waals surface area contributed by atoms with Crippen molar-refractivity contribution in [1.29, 1.82) is 0 Å². The van der Waals surface area contributed by atoms with Gasteiger partial charge in [0.1, 0.15) is 6.10 Å². The van der Waals surface area contributed by atoms with Crippen LogP contribution < -0.4 is 5.73 Å². The zero-order chi connectivity index (χ0) is 12.7. The Bertz CT molecular complexity index is 365. The largest absolute Gasteiger partial charge is 0.462 e. The molecule has 0 heterocycles. The maximum atomic E-state index is 11.6. The molecule has 1 atom stereocenters. The number of hydrogen-bond acceptors (Lipinski definition) is 4. The number of benzene rings is 1. The van der Waals surface area contributed by atoms with Crippen LogP contribution in [0.15, 0.2) is 24.3 Å². The van der Waals surface area contributed by atoms with Crippen molar-refractivity contribution >= 4 is 11.7 Å². The first kappa shape index (κ1) is 13.5. The van der Waals surface area contributed by atoms with Crippen LogP contribution in [-0.2, 0) is 20.7 Å². The van der Waals surface area contributed by atoms with Crippen LogP contribution in [0.3, 0.4) is 0 Å². The van der Waals surface area contributed by atoms with Gasteiger partial charge in [0.15, 0.2) is 0 Å². The lowest BCUT2D eigenvalue weighted by Gasteiger charge is -2.12. The first-order valence-electron chi connectivity index (χ1n) is 5.64. The van der Waals surface area contributed by atoms with Gasteiger partial charge in [-0.2, -0.15) is 0 Å². The summed E-state index contributed by atoms with van der Waals surface area (Å²) < 4.78 is 10.2. The van der Waals surface area contributed by atoms with Crippen LogP contribution in [0.2, 0.25) is 0 Å². The normalized spacial score (nSPS) is 12.1. The summed E-state index contributed by atoms with van der Waals surface area (Å²) in [7, 11) is 1.63. The maximum absolute atomic E-state index is 11.6. The highest BCUT2D eigenvalue weighted by Gasteiger charge is 2.10. The molecule has 4 heteroatoms. The third kappa shape index (κ3) is 5.36. The Balaban J connectivity index is 2.39. The summed E-state index contributed by atoms with van der Waals surface area (Å²) in [6.07, 6.45) is 0.838. The quantitative estimate of drug-likeness (QED) is 0.605. The van der Waals surface area contributed by atoms with Crippen LogP contribution in [-0.4, -0.2) is 25.8 Å². The molecular weight excluding hydrogens is 218 g/mol. The highest BCUT2D eigenvalue weighted by Crippen LogP contribution is 2.09. The number of anilines is 1. The van der Waals surface area contributed by atoms with E-state index in [1.54, 1.807) is 19.2 Å². The van der Waals surface area contributed by atoms with Crippen molar-refractivity contribution in [3.8, 4) is 0 Å². The molecule has 17 heavy (non-hydrogen) atoms. The van der Waals surface area contributed by atoms with Gasteiger partial charge in [-0.25, -0.2) is 0 Å². The van der Waals surface area contributed by atoms with Gasteiger partial charge in [0.05, 0.1) is 6.42 Å². The Kier molecular flexibility index (Phi) is 5.49. The van der Waals surface area contributed by atoms with Crippen molar-refractivity contribution in [1.82, 2.24) is 0 Å². The van der Waals surface area contributed by atoms with Crippen molar-refractivity contribution in [3.63, 3.8) is 0 Å². The van der Waals surface area contributed by atoms with Crippen molar-refractivity contribution in [2.75, 3.05) is 19.5 Å². The molecule has 1 aromatic rings. The average molecular weight is 237 g/mol. The predicted octanol–water partition coefficient (Wildman–Crippen LogP) is 1.78. The predicted molar refractivity (Wildman–Crippen MR) is 66.6 cm³/mol. The Morgan fingerprint density at radius 3 is 2.88 bits per heavy atom. The van der Waals surface area contributed by atoms with E-state index >= 15 is 0 Å². The number of ether oxygens (including phenoxy) is 2. The Morgan fingerprint density at radius 2 is 2.24 bits per heavy atom. The summed E-state index contributed by atoms with van der Waals surface area (Å²) >= 11 is 0. The van der Waals surface area contributed by atoms with Gasteiger partial charge in [0.2, 0.25) is 0 Å². The van der Waals surface area contributed by atoms with Crippen LogP contribution in [0.4, 0.5) is 5.69 Å². The molecule has 0 aliphatic rings. The van der Waals surface area contributed by atoms with Crippen LogP contribution in [0.1, 0.15) is 18.9 Å². The van der Waals surface area contributed by atoms with Crippen LogP contribution >= 0.6 is 0 Å². The van der Waals surface area contributed by atoms with Gasteiger partial charge in [-0.3, -0.25) is 4.79 Å². The van der Waals surface area contributed by atoms with Crippen LogP contribution in [0.25, 0.3) is 0 Å². The molecule has 0 spiro atoms. The molecule has 0 fully saturated rings. The number of nitrogens with two attached hydrogens (primary N) is 1. The second-order valence-corrected chi connectivity index (χ2v) is 4.00. The minimum atomic E-state index is -0.237. The molecule has 0 saturated heterocycles. The number of carbonyl (C=O) groups excluding carboxylic acids is 1. The molecule has 0 bridgehead atoms. The Morgan fingerprint density at radius 1 is 1.47 bits per heavy atom. The van der Waals surface area contributed by atoms with Crippen molar-refractivity contribution in [2.45, 2.75) is 25.9 Å². The minimum absolute atomic E-state index is 0.122. The lowest BCUT2D eigenvalue weighted by atomic mass is 10.1. The standard InChI is InChI=1S/C13H19NO3/c1-10(6-7-16-2)17-13(15)9-11-4-3-5-12(14)8-11/h3-5,8,10H,6-7,9,14H2,1-2H3. The van der Waals surface area contributed by atoms with E-state index in [0.717, 1.165) is 5.56 Å². The molecule has 1 unspecified atom stereocenters. The summed E-state index contributed by atoms with van der Waals surface area (Å²) in [5.41, 5.74) is 7.16. The fourth-order valence-electron chi connectivity index (χ4n) is 1.48. The van der Waals surface area contributed by atoms with Gasteiger partial charge in [-0.15, -0.1) is 0 Å². The second kappa shape index (κ2) is 6.91. The lowest BCUT2D eigenvalue weighted by molar-refractivity contribution is -0.148. The summed E-state index contributed by atoms with van der Waals surface area (Å²) in [5, 5.41) is 0. The van der Waals surface area contributed by atoms with E-state index in [1.165, 1.54) is 0 Å². The Labute approximate surface area is 102 Å². The topological polar surface area (TPSA) is 61.5 Å². The SMILES string of the molecule is COCCC(C)OC(=O)Cc1cccc(N)c1. The smallest absolute Gasteiger partial charge is 0.310 e. The molecule has 94 valence electrons. The molecule has 1 aromatic carbocycles. The molecule has 0 saturated carbocycles. The first-order chi connectivity index (χ1) is 8.11. The minimum Gasteiger partial charge on any atom is -0.462 e. The average Bonchev–Trinajstić information content (AvgIpc) is 2.26. The van der Waals surface area contributed by atoms with E-state index in [4.69, 9.17) is 15.2 Å². The number of esters is 1. The zero-order valence-corrected chi connectivity index (χ0v) is 10.3. The number of nitrogen functional groups attached to an aromatic ring is 1. The molecular formula is C13H19NO3. The van der Waals surface area contributed by atoms with Gasteiger partial charge >= 0.3 is 5.97 Å². The molecule has 0 aliphatic heterocycles. The van der Waals surface area contributed by atoms with Crippen molar-refractivity contribution in [2.24, 2.45) is 0 Å². The molecule has 0 radical (unpaired) electrons. The maximum Gasteiger partial charge on any atom is 0.310 e. The third-order valence-electron chi connectivity index (χ3n) is 2.36. The number of rotatable bonds is 6. The second-order valence-electron chi connectivity index (χ2n) is 4.00. The molecule has 4 nitrogen and oxygen atoms in total. The van der Waals surface area contributed by atoms with Crippen molar-refractivity contribution < 1.29 is 14.3 Å². The van der Waals surface area contributed by atoms with Crippen molar-refractivity contribution in [3.05, 3.63) is 29.8 Å². The molecule has 0 aliphatic carbocycles. The molecule has 1 rings (SSSR count). The van der Waals surface area contributed by atoms with Crippen LogP contribution in [0, 0.1) is 0 Å². The van der Waals surface area contributed by atoms with E-state index in [2.05, 4.69) is 0 Å². The van der Waals surface area contributed by atoms with E-state index in [1.807, 2.05) is 19.1 Å². The Hall–Kier alpha value is -1.55.